The van der Waals surface area contributed by atoms with Crippen LogP contribution in [-0.4, -0.2) is 12.4 Å². The largest absolute Gasteiger partial charge is 0.343 e. The van der Waals surface area contributed by atoms with Crippen molar-refractivity contribution in [1.82, 2.24) is 0 Å². The van der Waals surface area contributed by atoms with Crippen LogP contribution in [0.1, 0.15) is 0 Å². The van der Waals surface area contributed by atoms with Gasteiger partial charge in [0.25, 0.3) is 5.79 Å². The summed E-state index contributed by atoms with van der Waals surface area (Å²) in [5.74, 6) is -0.686. The third-order valence-electron chi connectivity index (χ3n) is 0.997. The molecule has 0 aliphatic carbocycles. The van der Waals surface area contributed by atoms with Gasteiger partial charge in [-0.15, -0.1) is 4.89 Å². The monoisotopic (exact) mass is 128 g/mol. The van der Waals surface area contributed by atoms with Gasteiger partial charge in [0.2, 0.25) is 0 Å². The summed E-state index contributed by atoms with van der Waals surface area (Å²) in [5, 5.41) is 0. The first-order valence-electron chi connectivity index (χ1n) is 2.56. The molecule has 9 heavy (non-hydrogen) atoms. The Kier molecular flexibility index (Phi) is 1.55. The van der Waals surface area contributed by atoms with Gasteiger partial charge in [0.05, 0.1) is 0 Å². The molecule has 0 bridgehead atoms. The second-order valence-electron chi connectivity index (χ2n) is 1.65. The van der Waals surface area contributed by atoms with Gasteiger partial charge >= 0.3 is 0 Å². The van der Waals surface area contributed by atoms with E-state index in [0.717, 1.165) is 0 Å². The zero-order valence-corrected chi connectivity index (χ0v) is 5.00. The molecule has 0 radical (unpaired) electrons. The molecule has 1 fully saturated rings. The minimum Gasteiger partial charge on any atom is -0.343 e. The molecule has 1 aliphatic heterocycles. The van der Waals surface area contributed by atoms with Crippen molar-refractivity contribution >= 4 is 0 Å². The molecule has 0 saturated carbocycles. The molecule has 0 aromatic carbocycles. The number of rotatable bonds is 4. The van der Waals surface area contributed by atoms with Crippen LogP contribution in [0.15, 0.2) is 25.5 Å². The first-order chi connectivity index (χ1) is 4.33. The van der Waals surface area contributed by atoms with Gasteiger partial charge in [0, 0.05) is 0 Å². The number of hydrogen-bond acceptors (Lipinski definition) is 3. The zero-order valence-electron chi connectivity index (χ0n) is 5.00. The van der Waals surface area contributed by atoms with Crippen molar-refractivity contribution in [3.8, 4) is 0 Å². The second kappa shape index (κ2) is 2.21. The van der Waals surface area contributed by atoms with Gasteiger partial charge in [-0.25, -0.2) is 0 Å². The van der Waals surface area contributed by atoms with E-state index < -0.39 is 5.79 Å². The Hall–Kier alpha value is -0.800. The van der Waals surface area contributed by atoms with Crippen molar-refractivity contribution in [2.45, 2.75) is 5.79 Å². The maximum absolute atomic E-state index is 4.83. The summed E-state index contributed by atoms with van der Waals surface area (Å²) >= 11 is 0. The summed E-state index contributed by atoms with van der Waals surface area (Å²) < 4.78 is 4.83. The van der Waals surface area contributed by atoms with Gasteiger partial charge in [-0.05, 0) is 6.08 Å². The van der Waals surface area contributed by atoms with Crippen molar-refractivity contribution in [1.29, 1.82) is 0 Å². The Balaban J connectivity index is 2.24. The van der Waals surface area contributed by atoms with Crippen LogP contribution in [0.2, 0.25) is 0 Å². The van der Waals surface area contributed by atoms with Crippen LogP contribution in [0.5, 0.6) is 0 Å². The number of ether oxygens (including phenoxy) is 1. The molecule has 1 saturated heterocycles. The second-order valence-corrected chi connectivity index (χ2v) is 1.65. The number of hydrogen-bond donors (Lipinski definition) is 0. The van der Waals surface area contributed by atoms with Crippen molar-refractivity contribution in [2.75, 3.05) is 6.61 Å². The van der Waals surface area contributed by atoms with Gasteiger partial charge in [-0.2, -0.15) is 0 Å². The summed E-state index contributed by atoms with van der Waals surface area (Å²) in [6, 6.07) is 0. The van der Waals surface area contributed by atoms with Gasteiger partial charge < -0.3 is 9.62 Å². The van der Waals surface area contributed by atoms with Gasteiger partial charge in [0.1, 0.15) is 12.9 Å². The molecule has 3 heteroatoms. The molecule has 0 aromatic rings. The van der Waals surface area contributed by atoms with E-state index in [0.29, 0.717) is 6.61 Å². The Bertz CT molecular complexity index is 126. The van der Waals surface area contributed by atoms with Crippen LogP contribution in [0, 0.1) is 0 Å². The van der Waals surface area contributed by atoms with Crippen molar-refractivity contribution in [2.24, 2.45) is 0 Å². The van der Waals surface area contributed by atoms with E-state index in [1.54, 1.807) is 0 Å². The molecule has 0 spiro atoms. The van der Waals surface area contributed by atoms with Crippen LogP contribution in [0.25, 0.3) is 0 Å². The molecule has 1 heterocycles. The summed E-state index contributed by atoms with van der Waals surface area (Å²) in [6.07, 6.45) is 2.73. The first kappa shape index (κ1) is 6.32. The summed E-state index contributed by atoms with van der Waals surface area (Å²) in [6.45, 7) is 7.28. The van der Waals surface area contributed by atoms with Crippen LogP contribution >= 0.6 is 0 Å². The molecular weight excluding hydrogens is 120 g/mol. The van der Waals surface area contributed by atoms with E-state index in [1.165, 1.54) is 12.3 Å². The lowest BCUT2D eigenvalue weighted by atomic mass is 10.4. The fourth-order valence-corrected chi connectivity index (χ4v) is 0.387. The normalized spacial score (nSPS) is 31.1. The third kappa shape index (κ3) is 1.31. The van der Waals surface area contributed by atoms with E-state index in [-0.39, 0.29) is 0 Å². The average Bonchev–Trinajstić information content (AvgIpc) is 2.65. The van der Waals surface area contributed by atoms with Crippen LogP contribution in [-0.2, 0) is 14.5 Å². The highest BCUT2D eigenvalue weighted by Crippen LogP contribution is 2.29. The van der Waals surface area contributed by atoms with Crippen molar-refractivity contribution in [3.63, 3.8) is 0 Å². The predicted octanol–water partition coefficient (Wildman–Crippen LogP) is 0.991. The van der Waals surface area contributed by atoms with Gasteiger partial charge in [-0.3, -0.25) is 0 Å². The molecule has 0 amide bonds. The van der Waals surface area contributed by atoms with E-state index >= 15 is 0 Å². The highest BCUT2D eigenvalue weighted by molar-refractivity contribution is 4.97. The lowest BCUT2D eigenvalue weighted by Gasteiger charge is -2.02. The van der Waals surface area contributed by atoms with E-state index in [9.17, 15) is 0 Å². The maximum atomic E-state index is 4.83. The number of epoxide rings is 1. The summed E-state index contributed by atoms with van der Waals surface area (Å²) in [4.78, 5) is 9.10. The minimum absolute atomic E-state index is 0.504. The molecule has 0 N–H and O–H groups in total. The zero-order chi connectivity index (χ0) is 6.74. The molecule has 1 unspecified atom stereocenters. The molecular formula is C6H8O3. The van der Waals surface area contributed by atoms with Crippen molar-refractivity contribution in [3.05, 3.63) is 25.5 Å². The topological polar surface area (TPSA) is 31.0 Å². The summed E-state index contributed by atoms with van der Waals surface area (Å²) in [5.41, 5.74) is 0. The smallest absolute Gasteiger partial charge is 0.256 e. The molecule has 1 rings (SSSR count). The van der Waals surface area contributed by atoms with Gasteiger partial charge in [-0.1, -0.05) is 13.2 Å². The van der Waals surface area contributed by atoms with Crippen LogP contribution < -0.4 is 0 Å². The maximum Gasteiger partial charge on any atom is 0.256 e. The highest BCUT2D eigenvalue weighted by Gasteiger charge is 2.45. The molecule has 0 aromatic heterocycles. The third-order valence-corrected chi connectivity index (χ3v) is 0.997. The molecule has 1 atom stereocenters. The van der Waals surface area contributed by atoms with E-state index in [1.807, 2.05) is 0 Å². The lowest BCUT2D eigenvalue weighted by molar-refractivity contribution is -0.305. The summed E-state index contributed by atoms with van der Waals surface area (Å²) in [7, 11) is 0. The van der Waals surface area contributed by atoms with Crippen molar-refractivity contribution < 1.29 is 14.5 Å². The van der Waals surface area contributed by atoms with Crippen LogP contribution in [0.3, 0.4) is 0 Å². The first-order valence-corrected chi connectivity index (χ1v) is 2.56. The fraction of sp³-hybridized carbons (Fsp3) is 0.333. The minimum atomic E-state index is -0.686. The predicted molar refractivity (Wildman–Crippen MR) is 31.2 cm³/mol. The fourth-order valence-electron chi connectivity index (χ4n) is 0.387. The Labute approximate surface area is 53.4 Å². The lowest BCUT2D eigenvalue weighted by Crippen LogP contribution is -2.10. The quantitative estimate of drug-likeness (QED) is 0.186. The SMILES string of the molecule is C=COOC1(C=C)CO1. The van der Waals surface area contributed by atoms with E-state index in [2.05, 4.69) is 22.9 Å². The highest BCUT2D eigenvalue weighted by atomic mass is 17.2. The Morgan fingerprint density at radius 2 is 2.22 bits per heavy atom. The van der Waals surface area contributed by atoms with Crippen LogP contribution in [0.4, 0.5) is 0 Å². The van der Waals surface area contributed by atoms with E-state index in [4.69, 9.17) is 4.74 Å². The molecule has 1 aliphatic rings. The van der Waals surface area contributed by atoms with Gasteiger partial charge in [0.15, 0.2) is 0 Å². The standard InChI is InChI=1S/C6H8O3/c1-3-6(5-7-6)9-8-4-2/h3-4H,1-2,5H2. The Morgan fingerprint density at radius 1 is 1.56 bits per heavy atom. The Morgan fingerprint density at radius 3 is 2.56 bits per heavy atom. The molecule has 50 valence electrons. The average molecular weight is 128 g/mol. The molecule has 3 nitrogen and oxygen atoms in total.